The van der Waals surface area contributed by atoms with Gasteiger partial charge in [0.15, 0.2) is 11.5 Å². The van der Waals surface area contributed by atoms with Crippen LogP contribution >= 0.6 is 39.1 Å². The number of carbonyl (C=O) groups is 1. The van der Waals surface area contributed by atoms with Crippen molar-refractivity contribution in [3.05, 3.63) is 56.0 Å². The molecule has 2 rings (SSSR count). The fraction of sp³-hybridized carbons (Fsp3) is 0.235. The molecule has 0 fully saturated rings. The Morgan fingerprint density at radius 1 is 1.28 bits per heavy atom. The van der Waals surface area contributed by atoms with Crippen LogP contribution in [0.4, 0.5) is 0 Å². The van der Waals surface area contributed by atoms with Crippen LogP contribution in [0.1, 0.15) is 11.1 Å². The Bertz CT molecular complexity index is 771. The third-order valence-electron chi connectivity index (χ3n) is 3.35. The number of nitrogens with one attached hydrogen (secondary N) is 1. The van der Waals surface area contributed by atoms with Gasteiger partial charge in [-0.3, -0.25) is 4.79 Å². The number of hydrogen-bond acceptors (Lipinski definition) is 4. The van der Waals surface area contributed by atoms with Gasteiger partial charge < -0.3 is 19.9 Å². The summed E-state index contributed by atoms with van der Waals surface area (Å²) in [6.07, 6.45) is 0. The average molecular weight is 449 g/mol. The lowest BCUT2D eigenvalue weighted by molar-refractivity contribution is -0.136. The molecular weight excluding hydrogens is 433 g/mol. The maximum atomic E-state index is 10.7. The maximum absolute atomic E-state index is 10.7. The Morgan fingerprint density at radius 2 is 2.04 bits per heavy atom. The zero-order chi connectivity index (χ0) is 18.4. The van der Waals surface area contributed by atoms with E-state index in [1.165, 1.54) is 0 Å². The highest BCUT2D eigenvalue weighted by atomic mass is 79.9. The maximum Gasteiger partial charge on any atom is 0.317 e. The molecule has 0 aliphatic carbocycles. The largest absolute Gasteiger partial charge is 0.493 e. The van der Waals surface area contributed by atoms with Gasteiger partial charge in [-0.2, -0.15) is 0 Å². The van der Waals surface area contributed by atoms with Crippen molar-refractivity contribution in [3.63, 3.8) is 0 Å². The van der Waals surface area contributed by atoms with Gasteiger partial charge in [0, 0.05) is 32.2 Å². The Labute approximate surface area is 164 Å². The lowest BCUT2D eigenvalue weighted by Crippen LogP contribution is -2.22. The van der Waals surface area contributed by atoms with Gasteiger partial charge in [-0.15, -0.1) is 0 Å². The first-order chi connectivity index (χ1) is 11.9. The highest BCUT2D eigenvalue weighted by molar-refractivity contribution is 9.10. The summed E-state index contributed by atoms with van der Waals surface area (Å²) in [5.41, 5.74) is 1.53. The van der Waals surface area contributed by atoms with Crippen LogP contribution in [0.15, 0.2) is 34.8 Å². The smallest absolute Gasteiger partial charge is 0.317 e. The fourth-order valence-electron chi connectivity index (χ4n) is 2.15. The number of methoxy groups -OCH3 is 1. The van der Waals surface area contributed by atoms with Gasteiger partial charge in [-0.25, -0.2) is 0 Å². The van der Waals surface area contributed by atoms with E-state index in [4.69, 9.17) is 37.8 Å². The number of rotatable bonds is 8. The normalized spacial score (nSPS) is 10.6. The molecular formula is C17H16BrCl2NO4. The zero-order valence-corrected chi connectivity index (χ0v) is 16.4. The van der Waals surface area contributed by atoms with E-state index in [-0.39, 0.29) is 13.2 Å². The number of aliphatic carboxylic acids is 1. The van der Waals surface area contributed by atoms with E-state index in [0.29, 0.717) is 28.1 Å². The Kier molecular flexibility index (Phi) is 7.38. The minimum Gasteiger partial charge on any atom is -0.493 e. The molecule has 0 aliphatic heterocycles. The van der Waals surface area contributed by atoms with Gasteiger partial charge in [-0.1, -0.05) is 45.2 Å². The predicted molar refractivity (Wildman–Crippen MR) is 101 cm³/mol. The standard InChI is InChI=1S/C17H16BrCl2NO4/c1-24-15-5-4-13(18)12(7-21-8-16(22)23)17(15)25-9-10-2-3-11(19)6-14(10)20/h2-6,21H,7-9H2,1H3,(H,22,23). The van der Waals surface area contributed by atoms with Crippen molar-refractivity contribution >= 4 is 45.1 Å². The summed E-state index contributed by atoms with van der Waals surface area (Å²) >= 11 is 15.5. The van der Waals surface area contributed by atoms with Crippen molar-refractivity contribution < 1.29 is 19.4 Å². The lowest BCUT2D eigenvalue weighted by Gasteiger charge is -2.17. The molecule has 8 heteroatoms. The SMILES string of the molecule is COc1ccc(Br)c(CNCC(=O)O)c1OCc1ccc(Cl)cc1Cl. The number of carboxylic acid groups (broad SMARTS) is 1. The van der Waals surface area contributed by atoms with Crippen LogP contribution < -0.4 is 14.8 Å². The van der Waals surface area contributed by atoms with Crippen LogP contribution in [0.2, 0.25) is 10.0 Å². The van der Waals surface area contributed by atoms with Crippen LogP contribution in [0, 0.1) is 0 Å². The minimum absolute atomic E-state index is 0.161. The summed E-state index contributed by atoms with van der Waals surface area (Å²) in [6.45, 7) is 0.356. The van der Waals surface area contributed by atoms with Crippen molar-refractivity contribution in [2.75, 3.05) is 13.7 Å². The van der Waals surface area contributed by atoms with E-state index in [2.05, 4.69) is 21.2 Å². The fourth-order valence-corrected chi connectivity index (χ4v) is 3.06. The molecule has 5 nitrogen and oxygen atoms in total. The molecule has 0 saturated heterocycles. The van der Waals surface area contributed by atoms with Crippen LogP contribution in [0.3, 0.4) is 0 Å². The van der Waals surface area contributed by atoms with Crippen molar-refractivity contribution in [3.8, 4) is 11.5 Å². The van der Waals surface area contributed by atoms with Crippen LogP contribution in [-0.2, 0) is 17.9 Å². The van der Waals surface area contributed by atoms with Gasteiger partial charge >= 0.3 is 5.97 Å². The molecule has 2 aromatic rings. The first-order valence-corrected chi connectivity index (χ1v) is 8.82. The Hall–Kier alpha value is -1.47. The summed E-state index contributed by atoms with van der Waals surface area (Å²) in [4.78, 5) is 10.7. The number of halogens is 3. The minimum atomic E-state index is -0.936. The Balaban J connectivity index is 2.24. The topological polar surface area (TPSA) is 67.8 Å². The van der Waals surface area contributed by atoms with Crippen LogP contribution in [0.25, 0.3) is 0 Å². The number of benzene rings is 2. The van der Waals surface area contributed by atoms with Crippen LogP contribution in [-0.4, -0.2) is 24.7 Å². The molecule has 0 heterocycles. The van der Waals surface area contributed by atoms with E-state index in [0.717, 1.165) is 15.6 Å². The molecule has 0 aromatic heterocycles. The first kappa shape index (κ1) is 19.8. The van der Waals surface area contributed by atoms with E-state index in [1.807, 2.05) is 6.07 Å². The van der Waals surface area contributed by atoms with Crippen molar-refractivity contribution in [1.29, 1.82) is 0 Å². The molecule has 2 aromatic carbocycles. The predicted octanol–water partition coefficient (Wildman–Crippen LogP) is 4.52. The summed E-state index contributed by atoms with van der Waals surface area (Å²) < 4.78 is 12.1. The van der Waals surface area contributed by atoms with Crippen molar-refractivity contribution in [2.45, 2.75) is 13.2 Å². The third-order valence-corrected chi connectivity index (χ3v) is 4.68. The molecule has 0 aliphatic rings. The lowest BCUT2D eigenvalue weighted by atomic mass is 10.1. The first-order valence-electron chi connectivity index (χ1n) is 7.27. The molecule has 0 bridgehead atoms. The molecule has 0 spiro atoms. The molecule has 0 radical (unpaired) electrons. The number of hydrogen-bond donors (Lipinski definition) is 2. The third kappa shape index (κ3) is 5.51. The highest BCUT2D eigenvalue weighted by Gasteiger charge is 2.15. The highest BCUT2D eigenvalue weighted by Crippen LogP contribution is 2.37. The van der Waals surface area contributed by atoms with Crippen molar-refractivity contribution in [1.82, 2.24) is 5.32 Å². The molecule has 25 heavy (non-hydrogen) atoms. The quantitative estimate of drug-likeness (QED) is 0.621. The van der Waals surface area contributed by atoms with Crippen LogP contribution in [0.5, 0.6) is 11.5 Å². The molecule has 2 N–H and O–H groups in total. The van der Waals surface area contributed by atoms with E-state index in [1.54, 1.807) is 31.4 Å². The molecule has 134 valence electrons. The summed E-state index contributed by atoms with van der Waals surface area (Å²) in [5.74, 6) is 0.121. The van der Waals surface area contributed by atoms with Gasteiger partial charge in [-0.05, 0) is 24.3 Å². The summed E-state index contributed by atoms with van der Waals surface area (Å²) in [5, 5.41) is 12.7. The monoisotopic (exact) mass is 447 g/mol. The van der Waals surface area contributed by atoms with E-state index >= 15 is 0 Å². The van der Waals surface area contributed by atoms with Gasteiger partial charge in [0.1, 0.15) is 6.61 Å². The molecule has 0 unspecified atom stereocenters. The number of ether oxygens (including phenoxy) is 2. The van der Waals surface area contributed by atoms with Gasteiger partial charge in [0.25, 0.3) is 0 Å². The average Bonchev–Trinajstić information content (AvgIpc) is 2.56. The van der Waals surface area contributed by atoms with Crippen molar-refractivity contribution in [2.24, 2.45) is 0 Å². The second-order valence-corrected chi connectivity index (χ2v) is 6.78. The zero-order valence-electron chi connectivity index (χ0n) is 13.3. The molecule has 0 amide bonds. The number of carboxylic acids is 1. The molecule has 0 saturated carbocycles. The van der Waals surface area contributed by atoms with Gasteiger partial charge in [0.2, 0.25) is 0 Å². The van der Waals surface area contributed by atoms with Gasteiger partial charge in [0.05, 0.1) is 13.7 Å². The summed E-state index contributed by atoms with van der Waals surface area (Å²) in [7, 11) is 1.54. The Morgan fingerprint density at radius 3 is 2.68 bits per heavy atom. The second-order valence-electron chi connectivity index (χ2n) is 5.08. The second kappa shape index (κ2) is 9.29. The summed E-state index contributed by atoms with van der Waals surface area (Å²) in [6, 6.07) is 8.76. The van der Waals surface area contributed by atoms with E-state index < -0.39 is 5.97 Å². The molecule has 0 atom stereocenters. The van der Waals surface area contributed by atoms with E-state index in [9.17, 15) is 4.79 Å².